The minimum absolute atomic E-state index is 0.300. The van der Waals surface area contributed by atoms with Gasteiger partial charge in [0.25, 0.3) is 11.8 Å². The molecule has 0 saturated carbocycles. The molecule has 4 amide bonds. The van der Waals surface area contributed by atoms with Gasteiger partial charge in [-0.2, -0.15) is 0 Å². The van der Waals surface area contributed by atoms with Gasteiger partial charge in [-0.15, -0.1) is 0 Å². The number of urea groups is 1. The van der Waals surface area contributed by atoms with Crippen LogP contribution in [0.2, 0.25) is 0 Å². The molecular formula is C14H17N3O7. The molecule has 1 saturated heterocycles. The Balaban J connectivity index is 2.69. The maximum atomic E-state index is 12.6. The number of rotatable bonds is 4. The van der Waals surface area contributed by atoms with Gasteiger partial charge in [0.1, 0.15) is 11.3 Å². The van der Waals surface area contributed by atoms with Gasteiger partial charge < -0.3 is 14.8 Å². The van der Waals surface area contributed by atoms with Gasteiger partial charge >= 0.3 is 23.6 Å². The summed E-state index contributed by atoms with van der Waals surface area (Å²) >= 11 is 0. The van der Waals surface area contributed by atoms with Gasteiger partial charge in [-0.25, -0.2) is 14.4 Å². The first kappa shape index (κ1) is 17.4. The number of nitrogens with zero attached hydrogens (tertiary/aromatic N) is 2. The molecule has 2 aliphatic rings. The smallest absolute Gasteiger partial charge is 0.357 e. The molecule has 2 aliphatic heterocycles. The van der Waals surface area contributed by atoms with Gasteiger partial charge in [-0.05, 0) is 6.42 Å². The van der Waals surface area contributed by atoms with Crippen LogP contribution in [-0.2, 0) is 28.7 Å². The summed E-state index contributed by atoms with van der Waals surface area (Å²) in [6.07, 6.45) is 0.610. The minimum atomic E-state index is -2.56. The maximum absolute atomic E-state index is 12.6. The highest BCUT2D eigenvalue weighted by Crippen LogP contribution is 2.38. The van der Waals surface area contributed by atoms with Crippen molar-refractivity contribution in [1.29, 1.82) is 0 Å². The Morgan fingerprint density at radius 2 is 1.71 bits per heavy atom. The normalized spacial score (nSPS) is 20.0. The molecule has 0 aromatic rings. The second-order valence-corrected chi connectivity index (χ2v) is 5.25. The molecule has 24 heavy (non-hydrogen) atoms. The Labute approximate surface area is 137 Å². The molecular weight excluding hydrogens is 322 g/mol. The molecule has 1 spiro atoms. The number of likely N-dealkylation sites (N-methyl/N-ethyl adjacent to an activating group) is 2. The van der Waals surface area contributed by atoms with E-state index < -0.39 is 41.0 Å². The second kappa shape index (κ2) is 5.95. The first-order valence-electron chi connectivity index (χ1n) is 7.14. The maximum Gasteiger partial charge on any atom is 0.357 e. The van der Waals surface area contributed by atoms with Crippen molar-refractivity contribution in [3.05, 3.63) is 11.3 Å². The molecule has 10 heteroatoms. The summed E-state index contributed by atoms with van der Waals surface area (Å²) in [5, 5.41) is 2.68. The average molecular weight is 339 g/mol. The van der Waals surface area contributed by atoms with E-state index in [0.29, 0.717) is 22.8 Å². The molecule has 0 bridgehead atoms. The Kier molecular flexibility index (Phi) is 4.32. The lowest BCUT2D eigenvalue weighted by molar-refractivity contribution is -0.176. The van der Waals surface area contributed by atoms with Gasteiger partial charge in [-0.3, -0.25) is 19.4 Å². The van der Waals surface area contributed by atoms with Crippen LogP contribution in [0.25, 0.3) is 0 Å². The molecule has 0 radical (unpaired) electrons. The lowest BCUT2D eigenvalue weighted by atomic mass is 9.88. The summed E-state index contributed by atoms with van der Waals surface area (Å²) in [4.78, 5) is 62.8. The summed E-state index contributed by atoms with van der Waals surface area (Å²) in [6, 6.07) is -0.897. The van der Waals surface area contributed by atoms with Crippen molar-refractivity contribution in [2.45, 2.75) is 18.9 Å². The molecule has 1 N–H and O–H groups in total. The number of carbonyl (C=O) groups excluding carboxylic acids is 5. The van der Waals surface area contributed by atoms with Crippen LogP contribution in [0.5, 0.6) is 0 Å². The highest BCUT2D eigenvalue weighted by molar-refractivity contribution is 6.30. The van der Waals surface area contributed by atoms with Crippen molar-refractivity contribution in [2.24, 2.45) is 0 Å². The standard InChI is InChI=1S/C14H17N3O7/c1-5-6-15-8-7(9(18)23-4)14(24-10(8)19)11(20)16(2)13(22)17(3)12(14)21/h15H,5-6H2,1-4H3. The van der Waals surface area contributed by atoms with Gasteiger partial charge in [-0.1, -0.05) is 6.92 Å². The van der Waals surface area contributed by atoms with Gasteiger partial charge in [0.2, 0.25) is 0 Å². The molecule has 0 atom stereocenters. The largest absolute Gasteiger partial charge is 0.465 e. The lowest BCUT2D eigenvalue weighted by Gasteiger charge is -2.38. The first-order chi connectivity index (χ1) is 11.2. The number of amides is 4. The first-order valence-corrected chi connectivity index (χ1v) is 7.14. The fraction of sp³-hybridized carbons (Fsp3) is 0.500. The van der Waals surface area contributed by atoms with Crippen LogP contribution in [0.1, 0.15) is 13.3 Å². The zero-order chi connectivity index (χ0) is 18.2. The van der Waals surface area contributed by atoms with Gasteiger partial charge in [0.05, 0.1) is 7.11 Å². The van der Waals surface area contributed by atoms with Gasteiger partial charge in [0, 0.05) is 20.6 Å². The Morgan fingerprint density at radius 1 is 1.17 bits per heavy atom. The van der Waals surface area contributed by atoms with Crippen LogP contribution in [0.4, 0.5) is 4.79 Å². The van der Waals surface area contributed by atoms with E-state index in [1.165, 1.54) is 0 Å². The summed E-state index contributed by atoms with van der Waals surface area (Å²) in [5.74, 6) is -4.37. The number of nitrogens with one attached hydrogen (secondary N) is 1. The van der Waals surface area contributed by atoms with Crippen LogP contribution in [0.3, 0.4) is 0 Å². The van der Waals surface area contributed by atoms with Crippen LogP contribution >= 0.6 is 0 Å². The van der Waals surface area contributed by atoms with Crippen molar-refractivity contribution in [1.82, 2.24) is 15.1 Å². The Bertz CT molecular complexity index is 658. The predicted octanol–water partition coefficient (Wildman–Crippen LogP) is -1.24. The molecule has 0 aromatic carbocycles. The van der Waals surface area contributed by atoms with Crippen molar-refractivity contribution in [2.75, 3.05) is 27.7 Å². The van der Waals surface area contributed by atoms with Crippen LogP contribution < -0.4 is 5.32 Å². The molecule has 0 aromatic heterocycles. The van der Waals surface area contributed by atoms with Crippen molar-refractivity contribution in [3.63, 3.8) is 0 Å². The summed E-state index contributed by atoms with van der Waals surface area (Å²) in [5.41, 5.74) is -3.43. The van der Waals surface area contributed by atoms with E-state index in [-0.39, 0.29) is 5.70 Å². The highest BCUT2D eigenvalue weighted by Gasteiger charge is 2.67. The number of carbonyl (C=O) groups is 5. The summed E-state index contributed by atoms with van der Waals surface area (Å²) < 4.78 is 9.66. The monoisotopic (exact) mass is 339 g/mol. The predicted molar refractivity (Wildman–Crippen MR) is 77.1 cm³/mol. The SMILES string of the molecule is CCCNC1=C(C(=O)OC)C2(OC1=O)C(=O)N(C)C(=O)N(C)C2=O. The zero-order valence-corrected chi connectivity index (χ0v) is 13.7. The van der Waals surface area contributed by atoms with E-state index in [2.05, 4.69) is 10.1 Å². The number of barbiturate groups is 1. The highest BCUT2D eigenvalue weighted by atomic mass is 16.6. The van der Waals surface area contributed by atoms with E-state index >= 15 is 0 Å². The van der Waals surface area contributed by atoms with E-state index in [1.54, 1.807) is 0 Å². The Morgan fingerprint density at radius 3 is 2.17 bits per heavy atom. The molecule has 0 aliphatic carbocycles. The molecule has 2 heterocycles. The van der Waals surface area contributed by atoms with Gasteiger partial charge in [0.15, 0.2) is 0 Å². The van der Waals surface area contributed by atoms with Crippen LogP contribution in [0.15, 0.2) is 11.3 Å². The number of methoxy groups -OCH3 is 1. The van der Waals surface area contributed by atoms with Crippen LogP contribution in [0, 0.1) is 0 Å². The second-order valence-electron chi connectivity index (χ2n) is 5.25. The fourth-order valence-corrected chi connectivity index (χ4v) is 2.54. The van der Waals surface area contributed by atoms with Crippen LogP contribution in [-0.4, -0.2) is 72.9 Å². The van der Waals surface area contributed by atoms with E-state index in [1.807, 2.05) is 6.92 Å². The third kappa shape index (κ3) is 2.14. The number of ether oxygens (including phenoxy) is 2. The molecule has 0 unspecified atom stereocenters. The fourth-order valence-electron chi connectivity index (χ4n) is 2.54. The summed E-state index contributed by atoms with van der Waals surface area (Å²) in [6.45, 7) is 2.12. The lowest BCUT2D eigenvalue weighted by Crippen LogP contribution is -2.68. The van der Waals surface area contributed by atoms with Crippen molar-refractivity contribution >= 4 is 29.8 Å². The number of hydrogen-bond donors (Lipinski definition) is 1. The molecule has 130 valence electrons. The number of esters is 2. The van der Waals surface area contributed by atoms with Crippen molar-refractivity contribution < 1.29 is 33.4 Å². The van der Waals surface area contributed by atoms with Crippen molar-refractivity contribution in [3.8, 4) is 0 Å². The topological polar surface area (TPSA) is 122 Å². The number of hydrogen-bond acceptors (Lipinski definition) is 8. The Hall–Kier alpha value is -2.91. The quantitative estimate of drug-likeness (QED) is 0.498. The minimum Gasteiger partial charge on any atom is -0.465 e. The number of imide groups is 2. The zero-order valence-electron chi connectivity index (χ0n) is 13.7. The molecule has 2 rings (SSSR count). The molecule has 10 nitrogen and oxygen atoms in total. The third-order valence-electron chi connectivity index (χ3n) is 3.78. The summed E-state index contributed by atoms with van der Waals surface area (Å²) in [7, 11) is 3.28. The van der Waals surface area contributed by atoms with E-state index in [4.69, 9.17) is 4.74 Å². The molecule has 1 fully saturated rings. The van der Waals surface area contributed by atoms with E-state index in [0.717, 1.165) is 21.2 Å². The van der Waals surface area contributed by atoms with E-state index in [9.17, 15) is 24.0 Å². The third-order valence-corrected chi connectivity index (χ3v) is 3.78. The average Bonchev–Trinajstić information content (AvgIpc) is 2.87.